The van der Waals surface area contributed by atoms with E-state index in [1.807, 2.05) is 38.2 Å². The molecule has 3 rings (SSSR count). The van der Waals surface area contributed by atoms with E-state index in [4.69, 9.17) is 0 Å². The number of nitrogens with zero attached hydrogens (tertiary/aromatic N) is 2. The second-order valence-electron chi connectivity index (χ2n) is 5.51. The average molecular weight is 298 g/mol. The second-order valence-corrected chi connectivity index (χ2v) is 5.51. The van der Waals surface area contributed by atoms with Gasteiger partial charge in [-0.3, -0.25) is 14.3 Å². The zero-order valence-corrected chi connectivity index (χ0v) is 12.6. The number of carbonyl (C=O) groups is 2. The molecule has 1 aromatic carbocycles. The molecule has 2 heterocycles. The first kappa shape index (κ1) is 14.3. The van der Waals surface area contributed by atoms with Crippen molar-refractivity contribution in [2.75, 3.05) is 0 Å². The summed E-state index contributed by atoms with van der Waals surface area (Å²) in [5.41, 5.74) is 3.39. The summed E-state index contributed by atoms with van der Waals surface area (Å²) >= 11 is 0. The third kappa shape index (κ3) is 2.72. The zero-order valence-electron chi connectivity index (χ0n) is 12.6. The third-order valence-corrected chi connectivity index (χ3v) is 3.85. The van der Waals surface area contributed by atoms with E-state index in [0.717, 1.165) is 17.0 Å². The molecule has 0 saturated carbocycles. The van der Waals surface area contributed by atoms with Gasteiger partial charge in [-0.15, -0.1) is 0 Å². The van der Waals surface area contributed by atoms with Gasteiger partial charge >= 0.3 is 0 Å². The molecule has 0 bridgehead atoms. The number of aromatic nitrogens is 2. The Morgan fingerprint density at radius 2 is 2.23 bits per heavy atom. The molecule has 2 aromatic rings. The molecule has 0 saturated heterocycles. The standard InChI is InChI=1S/C16H18N4O2/c1-10-7-12(20(2)19-10)9-17-16(22)14-8-11-5-3-4-6-13(11)15(21)18-14/h3-7,14H,8-9H2,1-2H3,(H,17,22)(H,18,21)/t14-/m0/s1. The van der Waals surface area contributed by atoms with E-state index in [1.54, 1.807) is 10.7 Å². The predicted octanol–water partition coefficient (Wildman–Crippen LogP) is 0.699. The van der Waals surface area contributed by atoms with Crippen LogP contribution < -0.4 is 10.6 Å². The Hall–Kier alpha value is -2.63. The summed E-state index contributed by atoms with van der Waals surface area (Å²) in [4.78, 5) is 24.3. The van der Waals surface area contributed by atoms with Crippen LogP contribution in [0.5, 0.6) is 0 Å². The smallest absolute Gasteiger partial charge is 0.252 e. The van der Waals surface area contributed by atoms with Gasteiger partial charge in [-0.2, -0.15) is 5.10 Å². The number of hydrogen-bond donors (Lipinski definition) is 2. The fourth-order valence-electron chi connectivity index (χ4n) is 2.72. The predicted molar refractivity (Wildman–Crippen MR) is 81.2 cm³/mol. The molecule has 114 valence electrons. The van der Waals surface area contributed by atoms with Crippen molar-refractivity contribution in [1.82, 2.24) is 20.4 Å². The summed E-state index contributed by atoms with van der Waals surface area (Å²) in [6.45, 7) is 2.30. The molecule has 22 heavy (non-hydrogen) atoms. The molecule has 1 aliphatic heterocycles. The van der Waals surface area contributed by atoms with Gasteiger partial charge in [0.05, 0.1) is 17.9 Å². The second kappa shape index (κ2) is 5.63. The van der Waals surface area contributed by atoms with Gasteiger partial charge in [0.1, 0.15) is 6.04 Å². The van der Waals surface area contributed by atoms with Crippen LogP contribution in [0.15, 0.2) is 30.3 Å². The maximum atomic E-state index is 12.3. The highest BCUT2D eigenvalue weighted by Gasteiger charge is 2.28. The number of hydrogen-bond acceptors (Lipinski definition) is 3. The minimum atomic E-state index is -0.531. The maximum Gasteiger partial charge on any atom is 0.252 e. The summed E-state index contributed by atoms with van der Waals surface area (Å²) in [6.07, 6.45) is 0.512. The SMILES string of the molecule is Cc1cc(CNC(=O)[C@@H]2Cc3ccccc3C(=O)N2)n(C)n1. The summed E-state index contributed by atoms with van der Waals surface area (Å²) in [5.74, 6) is -0.375. The van der Waals surface area contributed by atoms with Crippen molar-refractivity contribution in [1.29, 1.82) is 0 Å². The van der Waals surface area contributed by atoms with E-state index in [9.17, 15) is 9.59 Å². The van der Waals surface area contributed by atoms with E-state index in [2.05, 4.69) is 15.7 Å². The Kier molecular flexibility index (Phi) is 3.66. The van der Waals surface area contributed by atoms with Crippen molar-refractivity contribution in [3.63, 3.8) is 0 Å². The van der Waals surface area contributed by atoms with E-state index in [-0.39, 0.29) is 11.8 Å². The quantitative estimate of drug-likeness (QED) is 0.876. The Morgan fingerprint density at radius 1 is 1.45 bits per heavy atom. The fraction of sp³-hybridized carbons (Fsp3) is 0.312. The number of carbonyl (C=O) groups excluding carboxylic acids is 2. The van der Waals surface area contributed by atoms with Gasteiger partial charge in [-0.25, -0.2) is 0 Å². The van der Waals surface area contributed by atoms with Crippen LogP contribution in [0.2, 0.25) is 0 Å². The highest BCUT2D eigenvalue weighted by atomic mass is 16.2. The minimum absolute atomic E-state index is 0.179. The van der Waals surface area contributed by atoms with Crippen molar-refractivity contribution >= 4 is 11.8 Å². The summed E-state index contributed by atoms with van der Waals surface area (Å²) in [5, 5.41) is 9.85. The van der Waals surface area contributed by atoms with Crippen molar-refractivity contribution in [3.8, 4) is 0 Å². The van der Waals surface area contributed by atoms with Crippen molar-refractivity contribution in [3.05, 3.63) is 52.8 Å². The largest absolute Gasteiger partial charge is 0.349 e. The Balaban J connectivity index is 1.67. The van der Waals surface area contributed by atoms with E-state index in [0.29, 0.717) is 18.5 Å². The van der Waals surface area contributed by atoms with Crippen molar-refractivity contribution in [2.45, 2.75) is 25.9 Å². The van der Waals surface area contributed by atoms with Crippen molar-refractivity contribution < 1.29 is 9.59 Å². The summed E-state index contributed by atoms with van der Waals surface area (Å²) in [7, 11) is 1.84. The highest BCUT2D eigenvalue weighted by molar-refractivity contribution is 6.00. The first-order chi connectivity index (χ1) is 10.5. The highest BCUT2D eigenvalue weighted by Crippen LogP contribution is 2.16. The monoisotopic (exact) mass is 298 g/mol. The molecule has 0 fully saturated rings. The molecular weight excluding hydrogens is 280 g/mol. The molecule has 2 amide bonds. The lowest BCUT2D eigenvalue weighted by Crippen LogP contribution is -2.50. The average Bonchev–Trinajstić information content (AvgIpc) is 2.82. The molecule has 0 unspecified atom stereocenters. The molecule has 1 atom stereocenters. The van der Waals surface area contributed by atoms with Crippen LogP contribution in [0.25, 0.3) is 0 Å². The van der Waals surface area contributed by atoms with Gasteiger partial charge in [0.15, 0.2) is 0 Å². The van der Waals surface area contributed by atoms with Crippen LogP contribution in [0, 0.1) is 6.92 Å². The number of benzene rings is 1. The van der Waals surface area contributed by atoms with Gasteiger partial charge in [0.2, 0.25) is 5.91 Å². The van der Waals surface area contributed by atoms with E-state index in [1.165, 1.54) is 0 Å². The Morgan fingerprint density at radius 3 is 2.95 bits per heavy atom. The zero-order chi connectivity index (χ0) is 15.7. The van der Waals surface area contributed by atoms with E-state index < -0.39 is 6.04 Å². The lowest BCUT2D eigenvalue weighted by molar-refractivity contribution is -0.123. The minimum Gasteiger partial charge on any atom is -0.349 e. The Labute approximate surface area is 128 Å². The number of aryl methyl sites for hydroxylation is 2. The van der Waals surface area contributed by atoms with Gasteiger partial charge in [-0.1, -0.05) is 18.2 Å². The van der Waals surface area contributed by atoms with Crippen LogP contribution in [0.1, 0.15) is 27.3 Å². The number of nitrogens with one attached hydrogen (secondary N) is 2. The molecule has 0 aliphatic carbocycles. The Bertz CT molecular complexity index is 735. The van der Waals surface area contributed by atoms with Crippen LogP contribution in [0.3, 0.4) is 0 Å². The first-order valence-corrected chi connectivity index (χ1v) is 7.20. The normalized spacial score (nSPS) is 16.8. The van der Waals surface area contributed by atoms with E-state index >= 15 is 0 Å². The van der Waals surface area contributed by atoms with Crippen LogP contribution in [-0.4, -0.2) is 27.6 Å². The summed E-state index contributed by atoms with van der Waals surface area (Å²) < 4.78 is 1.74. The van der Waals surface area contributed by atoms with Crippen LogP contribution in [0.4, 0.5) is 0 Å². The van der Waals surface area contributed by atoms with Gasteiger partial charge in [0, 0.05) is 19.0 Å². The number of amides is 2. The topological polar surface area (TPSA) is 76.0 Å². The lowest BCUT2D eigenvalue weighted by Gasteiger charge is -2.24. The molecule has 0 radical (unpaired) electrons. The number of fused-ring (bicyclic) bond motifs is 1. The van der Waals surface area contributed by atoms with Gasteiger partial charge in [0.25, 0.3) is 5.91 Å². The molecule has 1 aromatic heterocycles. The molecule has 1 aliphatic rings. The molecule has 2 N–H and O–H groups in total. The molecule has 6 heteroatoms. The van der Waals surface area contributed by atoms with Crippen molar-refractivity contribution in [2.24, 2.45) is 7.05 Å². The molecule has 6 nitrogen and oxygen atoms in total. The first-order valence-electron chi connectivity index (χ1n) is 7.20. The fourth-order valence-corrected chi connectivity index (χ4v) is 2.72. The molecule has 0 spiro atoms. The van der Waals surface area contributed by atoms with Crippen LogP contribution in [-0.2, 0) is 24.8 Å². The maximum absolute atomic E-state index is 12.3. The van der Waals surface area contributed by atoms with Gasteiger partial charge in [-0.05, 0) is 24.6 Å². The number of rotatable bonds is 3. The lowest BCUT2D eigenvalue weighted by atomic mass is 9.95. The third-order valence-electron chi connectivity index (χ3n) is 3.85. The summed E-state index contributed by atoms with van der Waals surface area (Å²) in [6, 6.07) is 8.76. The molecular formula is C16H18N4O2. The van der Waals surface area contributed by atoms with Gasteiger partial charge < -0.3 is 10.6 Å². The van der Waals surface area contributed by atoms with Crippen LogP contribution >= 0.6 is 0 Å².